The van der Waals surface area contributed by atoms with Gasteiger partial charge >= 0.3 is 0 Å². The Balaban J connectivity index is 1.94. The minimum atomic E-state index is -0.190. The zero-order valence-corrected chi connectivity index (χ0v) is 13.4. The molecule has 1 heterocycles. The summed E-state index contributed by atoms with van der Waals surface area (Å²) in [6.07, 6.45) is 5.76. The Bertz CT molecular complexity index is 901. The van der Waals surface area contributed by atoms with Gasteiger partial charge in [-0.2, -0.15) is 0 Å². The quantitative estimate of drug-likeness (QED) is 0.721. The molecule has 1 N–H and O–H groups in total. The van der Waals surface area contributed by atoms with Crippen LogP contribution in [0, 0.1) is 0 Å². The number of fused-ring (bicyclic) bond motifs is 1. The molecule has 0 aliphatic heterocycles. The molecule has 0 aliphatic carbocycles. The molecule has 110 valence electrons. The van der Waals surface area contributed by atoms with Gasteiger partial charge in [-0.1, -0.05) is 29.8 Å². The summed E-state index contributed by atoms with van der Waals surface area (Å²) in [5.41, 5.74) is 1.49. The number of halogens is 1. The normalized spacial score (nSPS) is 11.4. The van der Waals surface area contributed by atoms with Gasteiger partial charge in [0.05, 0.1) is 10.9 Å². The zero-order chi connectivity index (χ0) is 15.5. The molecule has 0 fully saturated rings. The summed E-state index contributed by atoms with van der Waals surface area (Å²) in [5, 5.41) is 1.02. The summed E-state index contributed by atoms with van der Waals surface area (Å²) in [5.74, 6) is 0.522. The molecule has 2 aromatic carbocycles. The van der Waals surface area contributed by atoms with E-state index in [1.165, 1.54) is 4.90 Å². The van der Waals surface area contributed by atoms with Gasteiger partial charge in [-0.25, -0.2) is 4.98 Å². The predicted molar refractivity (Wildman–Crippen MR) is 94.5 cm³/mol. The number of H-pyrrole nitrogens is 1. The van der Waals surface area contributed by atoms with Gasteiger partial charge in [0.2, 0.25) is 0 Å². The minimum absolute atomic E-state index is 0.190. The number of benzene rings is 2. The molecule has 5 heteroatoms. The van der Waals surface area contributed by atoms with Crippen LogP contribution in [0.15, 0.2) is 52.2 Å². The number of hydrogen-bond acceptors (Lipinski definition) is 3. The second kappa shape index (κ2) is 6.38. The lowest BCUT2D eigenvalue weighted by atomic mass is 10.2. The Hall–Kier alpha value is -2.04. The lowest BCUT2D eigenvalue weighted by Gasteiger charge is -2.00. The van der Waals surface area contributed by atoms with Crippen LogP contribution in [-0.4, -0.2) is 16.2 Å². The van der Waals surface area contributed by atoms with Crippen LogP contribution in [0.3, 0.4) is 0 Å². The molecular weight excluding hydrogens is 316 g/mol. The summed E-state index contributed by atoms with van der Waals surface area (Å²) >= 11 is 7.60. The van der Waals surface area contributed by atoms with Crippen LogP contribution in [0.25, 0.3) is 23.1 Å². The van der Waals surface area contributed by atoms with Gasteiger partial charge in [-0.05, 0) is 48.2 Å². The standard InChI is InChI=1S/C17H13ClN2OS/c1-22-13-6-2-11(3-7-13)4-9-16-19-15-8-5-12(18)10-14(15)17(21)20-16/h2-10H,1H3,(H,19,20,21). The third-order valence-electron chi connectivity index (χ3n) is 3.24. The highest BCUT2D eigenvalue weighted by atomic mass is 35.5. The fraction of sp³-hybridized carbons (Fsp3) is 0.0588. The van der Waals surface area contributed by atoms with Crippen molar-refractivity contribution < 1.29 is 0 Å². The Morgan fingerprint density at radius 1 is 1.14 bits per heavy atom. The molecule has 3 aromatic rings. The van der Waals surface area contributed by atoms with Gasteiger partial charge in [0, 0.05) is 9.92 Å². The first kappa shape index (κ1) is 14.9. The van der Waals surface area contributed by atoms with Crippen molar-refractivity contribution in [3.63, 3.8) is 0 Å². The van der Waals surface area contributed by atoms with E-state index in [0.717, 1.165) is 5.56 Å². The van der Waals surface area contributed by atoms with E-state index >= 15 is 0 Å². The zero-order valence-electron chi connectivity index (χ0n) is 11.8. The summed E-state index contributed by atoms with van der Waals surface area (Å²) in [4.78, 5) is 20.4. The minimum Gasteiger partial charge on any atom is -0.306 e. The van der Waals surface area contributed by atoms with Crippen LogP contribution in [-0.2, 0) is 0 Å². The highest BCUT2D eigenvalue weighted by Crippen LogP contribution is 2.17. The molecule has 3 rings (SSSR count). The number of hydrogen-bond donors (Lipinski definition) is 1. The smallest absolute Gasteiger partial charge is 0.259 e. The van der Waals surface area contributed by atoms with Crippen molar-refractivity contribution in [1.82, 2.24) is 9.97 Å². The van der Waals surface area contributed by atoms with Crippen molar-refractivity contribution in [2.24, 2.45) is 0 Å². The Kier molecular flexibility index (Phi) is 4.32. The molecule has 0 unspecified atom stereocenters. The van der Waals surface area contributed by atoms with E-state index in [0.29, 0.717) is 21.7 Å². The van der Waals surface area contributed by atoms with Gasteiger partial charge < -0.3 is 4.98 Å². The predicted octanol–water partition coefficient (Wildman–Crippen LogP) is 4.47. The first-order chi connectivity index (χ1) is 10.7. The number of nitrogens with one attached hydrogen (secondary N) is 1. The topological polar surface area (TPSA) is 45.8 Å². The Labute approximate surface area is 137 Å². The molecule has 0 saturated heterocycles. The van der Waals surface area contributed by atoms with E-state index in [-0.39, 0.29) is 5.56 Å². The Morgan fingerprint density at radius 3 is 2.64 bits per heavy atom. The molecule has 3 nitrogen and oxygen atoms in total. The SMILES string of the molecule is CSc1ccc(C=Cc2nc3ccc(Cl)cc3c(=O)[nH]2)cc1. The van der Waals surface area contributed by atoms with E-state index in [4.69, 9.17) is 11.6 Å². The van der Waals surface area contributed by atoms with Crippen LogP contribution in [0.4, 0.5) is 0 Å². The summed E-state index contributed by atoms with van der Waals surface area (Å²) < 4.78 is 0. The molecule has 0 aliphatic rings. The second-order valence-corrected chi connectivity index (χ2v) is 6.04. The van der Waals surface area contributed by atoms with E-state index < -0.39 is 0 Å². The van der Waals surface area contributed by atoms with Gasteiger partial charge in [0.1, 0.15) is 5.82 Å². The lowest BCUT2D eigenvalue weighted by molar-refractivity contribution is 1.14. The molecule has 22 heavy (non-hydrogen) atoms. The molecule has 0 atom stereocenters. The fourth-order valence-corrected chi connectivity index (χ4v) is 2.68. The summed E-state index contributed by atoms with van der Waals surface area (Å²) in [6, 6.07) is 13.3. The molecule has 0 bridgehead atoms. The van der Waals surface area contributed by atoms with Crippen molar-refractivity contribution in [2.45, 2.75) is 4.90 Å². The fourth-order valence-electron chi connectivity index (χ4n) is 2.10. The molecule has 0 spiro atoms. The highest BCUT2D eigenvalue weighted by molar-refractivity contribution is 7.98. The number of aromatic nitrogens is 2. The molecule has 0 amide bonds. The van der Waals surface area contributed by atoms with Crippen molar-refractivity contribution in [3.8, 4) is 0 Å². The van der Waals surface area contributed by atoms with Crippen LogP contribution < -0.4 is 5.56 Å². The number of nitrogens with zero attached hydrogens (tertiary/aromatic N) is 1. The third-order valence-corrected chi connectivity index (χ3v) is 4.21. The second-order valence-electron chi connectivity index (χ2n) is 4.72. The van der Waals surface area contributed by atoms with E-state index in [1.54, 1.807) is 36.0 Å². The third kappa shape index (κ3) is 3.24. The summed E-state index contributed by atoms with van der Waals surface area (Å²) in [6.45, 7) is 0. The van der Waals surface area contributed by atoms with Gasteiger partial charge in [0.25, 0.3) is 5.56 Å². The maximum Gasteiger partial charge on any atom is 0.259 e. The van der Waals surface area contributed by atoms with Gasteiger partial charge in [-0.15, -0.1) is 11.8 Å². The molecular formula is C17H13ClN2OS. The maximum absolute atomic E-state index is 12.1. The average Bonchev–Trinajstić information content (AvgIpc) is 2.54. The number of rotatable bonds is 3. The number of aromatic amines is 1. The van der Waals surface area contributed by atoms with Crippen LogP contribution in [0.1, 0.15) is 11.4 Å². The van der Waals surface area contributed by atoms with Gasteiger partial charge in [-0.3, -0.25) is 4.79 Å². The first-order valence-electron chi connectivity index (χ1n) is 6.67. The van der Waals surface area contributed by atoms with Crippen molar-refractivity contribution >= 4 is 46.4 Å². The number of thioether (sulfide) groups is 1. The highest BCUT2D eigenvalue weighted by Gasteiger charge is 2.02. The van der Waals surface area contributed by atoms with E-state index in [1.807, 2.05) is 24.5 Å². The van der Waals surface area contributed by atoms with Crippen LogP contribution in [0.5, 0.6) is 0 Å². The van der Waals surface area contributed by atoms with Crippen molar-refractivity contribution in [3.05, 3.63) is 69.2 Å². The molecule has 0 saturated carbocycles. The van der Waals surface area contributed by atoms with E-state index in [9.17, 15) is 4.79 Å². The van der Waals surface area contributed by atoms with Gasteiger partial charge in [0.15, 0.2) is 0 Å². The molecule has 1 aromatic heterocycles. The average molecular weight is 329 g/mol. The van der Waals surface area contributed by atoms with Crippen LogP contribution >= 0.6 is 23.4 Å². The Morgan fingerprint density at radius 2 is 1.91 bits per heavy atom. The maximum atomic E-state index is 12.1. The summed E-state index contributed by atoms with van der Waals surface area (Å²) in [7, 11) is 0. The lowest BCUT2D eigenvalue weighted by Crippen LogP contribution is -2.09. The van der Waals surface area contributed by atoms with Crippen molar-refractivity contribution in [2.75, 3.05) is 6.26 Å². The molecule has 0 radical (unpaired) electrons. The first-order valence-corrected chi connectivity index (χ1v) is 8.28. The largest absolute Gasteiger partial charge is 0.306 e. The van der Waals surface area contributed by atoms with Crippen molar-refractivity contribution in [1.29, 1.82) is 0 Å². The van der Waals surface area contributed by atoms with Crippen LogP contribution in [0.2, 0.25) is 5.02 Å². The monoisotopic (exact) mass is 328 g/mol. The van der Waals surface area contributed by atoms with E-state index in [2.05, 4.69) is 22.1 Å².